The maximum Gasteiger partial charge on any atom is 0.297 e. The Bertz CT molecular complexity index is 568. The molecule has 0 radical (unpaired) electrons. The minimum absolute atomic E-state index is 0.0633. The minimum Gasteiger partial charge on any atom is -0.388 e. The maximum atomic E-state index is 12.2. The summed E-state index contributed by atoms with van der Waals surface area (Å²) in [5, 5.41) is 10.0. The molecular weight excluding hydrogens is 296 g/mol. The second-order valence-electron chi connectivity index (χ2n) is 5.13. The fourth-order valence-electron chi connectivity index (χ4n) is 2.18. The van der Waals surface area contributed by atoms with Crippen molar-refractivity contribution < 1.29 is 27.2 Å². The molecule has 118 valence electrons. The third-order valence-corrected chi connectivity index (χ3v) is 4.83. The molecule has 0 bridgehead atoms. The number of benzene rings is 1. The molecule has 0 amide bonds. The monoisotopic (exact) mass is 316 g/mol. The third-order valence-electron chi connectivity index (χ3n) is 3.48. The lowest BCUT2D eigenvalue weighted by Crippen LogP contribution is -2.49. The first kappa shape index (κ1) is 16.4. The number of hydrogen-bond acceptors (Lipinski definition) is 6. The van der Waals surface area contributed by atoms with Gasteiger partial charge in [0.05, 0.1) is 11.0 Å². The van der Waals surface area contributed by atoms with Gasteiger partial charge in [0.2, 0.25) is 0 Å². The predicted octanol–water partition coefficient (Wildman–Crippen LogP) is 1.21. The zero-order chi connectivity index (χ0) is 15.6. The summed E-state index contributed by atoms with van der Waals surface area (Å²) in [6, 6.07) is 6.34. The summed E-state index contributed by atoms with van der Waals surface area (Å²) in [6.07, 6.45) is -2.95. The highest BCUT2D eigenvalue weighted by Crippen LogP contribution is 2.26. The Morgan fingerprint density at radius 1 is 1.29 bits per heavy atom. The standard InChI is InChI=1S/C14H20O6S/c1-9-4-6-11(7-5-9)21(16,17)20-12-8-13(18-3)19-10(2)14(12)15/h4-7,10,12-15H,8H2,1-3H3/t10-,12+,13-,14+/m1/s1. The predicted molar refractivity (Wildman–Crippen MR) is 75.2 cm³/mol. The Hall–Kier alpha value is -0.990. The van der Waals surface area contributed by atoms with Crippen LogP contribution in [0.25, 0.3) is 0 Å². The molecule has 0 saturated carbocycles. The van der Waals surface area contributed by atoms with Gasteiger partial charge in [-0.2, -0.15) is 8.42 Å². The molecular formula is C14H20O6S. The van der Waals surface area contributed by atoms with Crippen molar-refractivity contribution in [3.05, 3.63) is 29.8 Å². The lowest BCUT2D eigenvalue weighted by Gasteiger charge is -2.36. The maximum absolute atomic E-state index is 12.2. The van der Waals surface area contributed by atoms with E-state index in [2.05, 4.69) is 0 Å². The van der Waals surface area contributed by atoms with Crippen LogP contribution in [0.3, 0.4) is 0 Å². The van der Waals surface area contributed by atoms with E-state index >= 15 is 0 Å². The number of ether oxygens (including phenoxy) is 2. The van der Waals surface area contributed by atoms with Gasteiger partial charge in [-0.05, 0) is 26.0 Å². The molecule has 1 N–H and O–H groups in total. The van der Waals surface area contributed by atoms with Gasteiger partial charge in [0.25, 0.3) is 10.1 Å². The quantitative estimate of drug-likeness (QED) is 0.841. The first-order chi connectivity index (χ1) is 9.83. The largest absolute Gasteiger partial charge is 0.388 e. The molecule has 0 spiro atoms. The zero-order valence-corrected chi connectivity index (χ0v) is 13.0. The fourth-order valence-corrected chi connectivity index (χ4v) is 3.28. The Balaban J connectivity index is 2.16. The molecule has 1 aromatic rings. The number of aryl methyl sites for hydroxylation is 1. The van der Waals surface area contributed by atoms with Crippen molar-refractivity contribution in [2.45, 2.75) is 49.8 Å². The molecule has 1 aromatic carbocycles. The second-order valence-corrected chi connectivity index (χ2v) is 6.71. The number of aliphatic hydroxyl groups is 1. The summed E-state index contributed by atoms with van der Waals surface area (Å²) in [5.74, 6) is 0. The molecule has 0 unspecified atom stereocenters. The highest BCUT2D eigenvalue weighted by atomic mass is 32.2. The van der Waals surface area contributed by atoms with Gasteiger partial charge in [0.1, 0.15) is 12.2 Å². The van der Waals surface area contributed by atoms with E-state index in [1.165, 1.54) is 19.2 Å². The van der Waals surface area contributed by atoms with Gasteiger partial charge < -0.3 is 14.6 Å². The summed E-state index contributed by atoms with van der Waals surface area (Å²) >= 11 is 0. The molecule has 0 aliphatic carbocycles. The van der Waals surface area contributed by atoms with Crippen LogP contribution >= 0.6 is 0 Å². The highest BCUT2D eigenvalue weighted by molar-refractivity contribution is 7.86. The molecule has 1 fully saturated rings. The first-order valence-electron chi connectivity index (χ1n) is 6.70. The summed E-state index contributed by atoms with van der Waals surface area (Å²) < 4.78 is 40.1. The molecule has 0 aromatic heterocycles. The van der Waals surface area contributed by atoms with Crippen LogP contribution < -0.4 is 0 Å². The minimum atomic E-state index is -3.94. The van der Waals surface area contributed by atoms with Crippen molar-refractivity contribution >= 4 is 10.1 Å². The molecule has 6 nitrogen and oxygen atoms in total. The topological polar surface area (TPSA) is 82.1 Å². The molecule has 1 aliphatic heterocycles. The van der Waals surface area contributed by atoms with Gasteiger partial charge in [-0.1, -0.05) is 17.7 Å². The van der Waals surface area contributed by atoms with Crippen LogP contribution in [0.5, 0.6) is 0 Å². The number of hydrogen-bond donors (Lipinski definition) is 1. The van der Waals surface area contributed by atoms with E-state index in [1.54, 1.807) is 19.1 Å². The van der Waals surface area contributed by atoms with Crippen molar-refractivity contribution in [1.29, 1.82) is 0 Å². The normalized spacial score (nSPS) is 30.3. The number of rotatable bonds is 4. The lowest BCUT2D eigenvalue weighted by molar-refractivity contribution is -0.232. The van der Waals surface area contributed by atoms with Crippen LogP contribution in [-0.4, -0.2) is 45.2 Å². The van der Waals surface area contributed by atoms with Crippen LogP contribution in [-0.2, 0) is 23.8 Å². The van der Waals surface area contributed by atoms with Gasteiger partial charge in [0, 0.05) is 13.5 Å². The molecule has 1 aliphatic rings. The average Bonchev–Trinajstić information content (AvgIpc) is 2.43. The summed E-state index contributed by atoms with van der Waals surface area (Å²) in [4.78, 5) is 0.0633. The van der Waals surface area contributed by atoms with E-state index < -0.39 is 34.7 Å². The van der Waals surface area contributed by atoms with Crippen LogP contribution in [0, 0.1) is 6.92 Å². The zero-order valence-electron chi connectivity index (χ0n) is 12.2. The van der Waals surface area contributed by atoms with Crippen LogP contribution in [0.15, 0.2) is 29.2 Å². The van der Waals surface area contributed by atoms with Crippen molar-refractivity contribution in [2.24, 2.45) is 0 Å². The molecule has 2 rings (SSSR count). The van der Waals surface area contributed by atoms with E-state index in [-0.39, 0.29) is 11.3 Å². The van der Waals surface area contributed by atoms with E-state index in [1.807, 2.05) is 6.92 Å². The molecule has 21 heavy (non-hydrogen) atoms. The van der Waals surface area contributed by atoms with E-state index in [9.17, 15) is 13.5 Å². The van der Waals surface area contributed by atoms with Crippen molar-refractivity contribution in [3.8, 4) is 0 Å². The highest BCUT2D eigenvalue weighted by Gasteiger charge is 2.39. The molecule has 4 atom stereocenters. The number of aliphatic hydroxyl groups excluding tert-OH is 1. The Morgan fingerprint density at radius 3 is 2.48 bits per heavy atom. The van der Waals surface area contributed by atoms with Crippen LogP contribution in [0.4, 0.5) is 0 Å². The lowest BCUT2D eigenvalue weighted by atomic mass is 10.0. The van der Waals surface area contributed by atoms with E-state index in [0.717, 1.165) is 5.56 Å². The Morgan fingerprint density at radius 2 is 1.90 bits per heavy atom. The molecule has 1 heterocycles. The summed E-state index contributed by atoms with van der Waals surface area (Å²) in [6.45, 7) is 3.51. The smallest absolute Gasteiger partial charge is 0.297 e. The number of methoxy groups -OCH3 is 1. The Kier molecular flexibility index (Phi) is 5.00. The third kappa shape index (κ3) is 3.81. The second kappa shape index (κ2) is 6.41. The molecule has 1 saturated heterocycles. The van der Waals surface area contributed by atoms with Gasteiger partial charge in [-0.3, -0.25) is 4.18 Å². The van der Waals surface area contributed by atoms with Crippen LogP contribution in [0.2, 0.25) is 0 Å². The van der Waals surface area contributed by atoms with E-state index in [4.69, 9.17) is 13.7 Å². The molecule has 7 heteroatoms. The van der Waals surface area contributed by atoms with Crippen molar-refractivity contribution in [3.63, 3.8) is 0 Å². The SMILES string of the molecule is CO[C@H]1C[C@H](OS(=O)(=O)c2ccc(C)cc2)[C@@H](O)[C@@H](C)O1. The summed E-state index contributed by atoms with van der Waals surface area (Å²) in [7, 11) is -2.48. The van der Waals surface area contributed by atoms with Crippen molar-refractivity contribution in [2.75, 3.05) is 7.11 Å². The fraction of sp³-hybridized carbons (Fsp3) is 0.571. The van der Waals surface area contributed by atoms with E-state index in [0.29, 0.717) is 0 Å². The van der Waals surface area contributed by atoms with Gasteiger partial charge in [-0.15, -0.1) is 0 Å². The van der Waals surface area contributed by atoms with Gasteiger partial charge in [-0.25, -0.2) is 0 Å². The summed E-state index contributed by atoms with van der Waals surface area (Å²) in [5.41, 5.74) is 0.952. The van der Waals surface area contributed by atoms with Crippen molar-refractivity contribution in [1.82, 2.24) is 0 Å². The Labute approximate surface area is 124 Å². The first-order valence-corrected chi connectivity index (χ1v) is 8.10. The van der Waals surface area contributed by atoms with Gasteiger partial charge >= 0.3 is 0 Å². The van der Waals surface area contributed by atoms with Gasteiger partial charge in [0.15, 0.2) is 6.29 Å². The van der Waals surface area contributed by atoms with Crippen LogP contribution in [0.1, 0.15) is 18.9 Å². The average molecular weight is 316 g/mol.